The van der Waals surface area contributed by atoms with Gasteiger partial charge in [-0.25, -0.2) is 4.99 Å². The first-order chi connectivity index (χ1) is 11.7. The molecule has 0 aliphatic carbocycles. The fraction of sp³-hybridized carbons (Fsp3) is 0.294. The SMILES string of the molecule is CCNC(=NCc1cccs1)NCCNC(=O)c1ccc(O)cc1.I. The van der Waals surface area contributed by atoms with E-state index >= 15 is 0 Å². The highest BCUT2D eigenvalue weighted by Crippen LogP contribution is 2.09. The number of hydrogen-bond acceptors (Lipinski definition) is 4. The Morgan fingerprint density at radius 1 is 1.12 bits per heavy atom. The predicted molar refractivity (Wildman–Crippen MR) is 113 cm³/mol. The van der Waals surface area contributed by atoms with Gasteiger partial charge in [0.05, 0.1) is 6.54 Å². The molecule has 6 nitrogen and oxygen atoms in total. The van der Waals surface area contributed by atoms with Crippen molar-refractivity contribution in [2.45, 2.75) is 13.5 Å². The Balaban J connectivity index is 0.00000312. The fourth-order valence-electron chi connectivity index (χ4n) is 1.97. The van der Waals surface area contributed by atoms with Crippen LogP contribution in [0.15, 0.2) is 46.8 Å². The number of halogens is 1. The van der Waals surface area contributed by atoms with Crippen LogP contribution in [-0.2, 0) is 6.54 Å². The summed E-state index contributed by atoms with van der Waals surface area (Å²) >= 11 is 1.68. The molecule has 0 aliphatic rings. The number of phenols is 1. The van der Waals surface area contributed by atoms with Gasteiger partial charge in [0.2, 0.25) is 0 Å². The second-order valence-corrected chi connectivity index (χ2v) is 6.04. The molecule has 0 bridgehead atoms. The van der Waals surface area contributed by atoms with Gasteiger partial charge >= 0.3 is 0 Å². The van der Waals surface area contributed by atoms with E-state index in [0.29, 0.717) is 25.2 Å². The molecule has 0 aliphatic heterocycles. The summed E-state index contributed by atoms with van der Waals surface area (Å²) < 4.78 is 0. The van der Waals surface area contributed by atoms with Gasteiger partial charge in [-0.1, -0.05) is 6.07 Å². The Labute approximate surface area is 168 Å². The third kappa shape index (κ3) is 7.74. The number of carbonyl (C=O) groups is 1. The fourth-order valence-corrected chi connectivity index (χ4v) is 2.60. The molecule has 25 heavy (non-hydrogen) atoms. The van der Waals surface area contributed by atoms with E-state index in [1.165, 1.54) is 17.0 Å². The number of phenolic OH excluding ortho intramolecular Hbond substituents is 1. The minimum absolute atomic E-state index is 0. The molecule has 1 aromatic carbocycles. The van der Waals surface area contributed by atoms with E-state index < -0.39 is 0 Å². The van der Waals surface area contributed by atoms with Crippen LogP contribution in [0.1, 0.15) is 22.2 Å². The van der Waals surface area contributed by atoms with Crippen molar-refractivity contribution < 1.29 is 9.90 Å². The zero-order valence-electron chi connectivity index (χ0n) is 14.0. The van der Waals surface area contributed by atoms with E-state index in [-0.39, 0.29) is 35.6 Å². The van der Waals surface area contributed by atoms with Crippen LogP contribution >= 0.6 is 35.3 Å². The number of guanidine groups is 1. The topological polar surface area (TPSA) is 85.8 Å². The van der Waals surface area contributed by atoms with Crippen LogP contribution in [0.3, 0.4) is 0 Å². The standard InChI is InChI=1S/C17H22N4O2S.HI/c1-2-18-17(21-12-15-4-3-11-24-15)20-10-9-19-16(23)13-5-7-14(22)8-6-13;/h3-8,11,22H,2,9-10,12H2,1H3,(H,19,23)(H2,18,20,21);1H. The Kier molecular flexibility index (Phi) is 9.93. The van der Waals surface area contributed by atoms with Gasteiger partial charge in [-0.3, -0.25) is 4.79 Å². The highest BCUT2D eigenvalue weighted by atomic mass is 127. The van der Waals surface area contributed by atoms with Gasteiger partial charge in [-0.15, -0.1) is 35.3 Å². The van der Waals surface area contributed by atoms with Crippen molar-refractivity contribution in [3.8, 4) is 5.75 Å². The Morgan fingerprint density at radius 3 is 2.48 bits per heavy atom. The van der Waals surface area contributed by atoms with Gasteiger partial charge < -0.3 is 21.1 Å². The number of amides is 1. The molecule has 0 saturated carbocycles. The Bertz CT molecular complexity index is 660. The van der Waals surface area contributed by atoms with Crippen LogP contribution in [-0.4, -0.2) is 36.6 Å². The molecule has 1 heterocycles. The highest BCUT2D eigenvalue weighted by molar-refractivity contribution is 14.0. The van der Waals surface area contributed by atoms with Gasteiger partial charge in [0.15, 0.2) is 5.96 Å². The first-order valence-corrected chi connectivity index (χ1v) is 8.69. The van der Waals surface area contributed by atoms with Gasteiger partial charge in [0.1, 0.15) is 5.75 Å². The van der Waals surface area contributed by atoms with Crippen LogP contribution < -0.4 is 16.0 Å². The van der Waals surface area contributed by atoms with Gasteiger partial charge in [0, 0.05) is 30.1 Å². The molecule has 136 valence electrons. The number of carbonyl (C=O) groups excluding carboxylic acids is 1. The third-order valence-electron chi connectivity index (χ3n) is 3.15. The minimum Gasteiger partial charge on any atom is -0.508 e. The average Bonchev–Trinajstić information content (AvgIpc) is 3.10. The number of aromatic hydroxyl groups is 1. The van der Waals surface area contributed by atoms with Gasteiger partial charge in [0.25, 0.3) is 5.91 Å². The molecule has 1 aromatic heterocycles. The van der Waals surface area contributed by atoms with Crippen molar-refractivity contribution in [3.05, 3.63) is 52.2 Å². The Hall–Kier alpha value is -1.81. The molecule has 4 N–H and O–H groups in total. The number of nitrogens with one attached hydrogen (secondary N) is 3. The van der Waals surface area contributed by atoms with Crippen LogP contribution in [0.4, 0.5) is 0 Å². The second kappa shape index (κ2) is 11.7. The number of hydrogen-bond donors (Lipinski definition) is 4. The molecule has 0 radical (unpaired) electrons. The minimum atomic E-state index is -0.169. The van der Waals surface area contributed by atoms with Crippen molar-refractivity contribution >= 4 is 47.2 Å². The van der Waals surface area contributed by atoms with Gasteiger partial charge in [-0.2, -0.15) is 0 Å². The Morgan fingerprint density at radius 2 is 1.84 bits per heavy atom. The second-order valence-electron chi connectivity index (χ2n) is 5.00. The average molecular weight is 474 g/mol. The lowest BCUT2D eigenvalue weighted by molar-refractivity contribution is 0.0954. The normalized spacial score (nSPS) is 10.7. The molecule has 2 aromatic rings. The molecule has 0 atom stereocenters. The van der Waals surface area contributed by atoms with E-state index in [4.69, 9.17) is 0 Å². The largest absolute Gasteiger partial charge is 0.508 e. The summed E-state index contributed by atoms with van der Waals surface area (Å²) in [6.07, 6.45) is 0. The number of thiophene rings is 1. The molecule has 0 unspecified atom stereocenters. The zero-order chi connectivity index (χ0) is 17.2. The van der Waals surface area contributed by atoms with Crippen molar-refractivity contribution in [1.29, 1.82) is 0 Å². The van der Waals surface area contributed by atoms with Crippen molar-refractivity contribution in [1.82, 2.24) is 16.0 Å². The maximum atomic E-state index is 11.9. The summed E-state index contributed by atoms with van der Waals surface area (Å²) in [5, 5.41) is 20.4. The van der Waals surface area contributed by atoms with Crippen LogP contribution in [0.2, 0.25) is 0 Å². The summed E-state index contributed by atoms with van der Waals surface area (Å²) in [6, 6.07) is 10.2. The molecule has 1 amide bonds. The quantitative estimate of drug-likeness (QED) is 0.215. The van der Waals surface area contributed by atoms with E-state index in [9.17, 15) is 9.90 Å². The first kappa shape index (κ1) is 21.2. The summed E-state index contributed by atoms with van der Waals surface area (Å²) in [5.74, 6) is 0.701. The molecular weight excluding hydrogens is 451 g/mol. The van der Waals surface area contributed by atoms with Gasteiger partial charge in [-0.05, 0) is 42.6 Å². The third-order valence-corrected chi connectivity index (χ3v) is 4.01. The maximum Gasteiger partial charge on any atom is 0.251 e. The van der Waals surface area contributed by atoms with E-state index in [2.05, 4.69) is 27.0 Å². The first-order valence-electron chi connectivity index (χ1n) is 7.81. The predicted octanol–water partition coefficient (Wildman–Crippen LogP) is 2.56. The molecule has 0 saturated heterocycles. The summed E-state index contributed by atoms with van der Waals surface area (Å²) in [6.45, 7) is 4.46. The zero-order valence-corrected chi connectivity index (χ0v) is 17.1. The van der Waals surface area contributed by atoms with Crippen LogP contribution in [0.25, 0.3) is 0 Å². The molecule has 0 fully saturated rings. The number of rotatable bonds is 7. The maximum absolute atomic E-state index is 11.9. The monoisotopic (exact) mass is 474 g/mol. The summed E-state index contributed by atoms with van der Waals surface area (Å²) in [5.41, 5.74) is 0.520. The van der Waals surface area contributed by atoms with E-state index in [0.717, 1.165) is 12.5 Å². The van der Waals surface area contributed by atoms with Crippen molar-refractivity contribution in [3.63, 3.8) is 0 Å². The highest BCUT2D eigenvalue weighted by Gasteiger charge is 2.04. The number of nitrogens with zero attached hydrogens (tertiary/aromatic N) is 1. The summed E-state index contributed by atoms with van der Waals surface area (Å²) in [4.78, 5) is 17.6. The van der Waals surface area contributed by atoms with E-state index in [1.807, 2.05) is 18.4 Å². The number of aliphatic imine (C=N–C) groups is 1. The van der Waals surface area contributed by atoms with Crippen molar-refractivity contribution in [2.75, 3.05) is 19.6 Å². The number of benzene rings is 1. The molecule has 0 spiro atoms. The molecule has 2 rings (SSSR count). The summed E-state index contributed by atoms with van der Waals surface area (Å²) in [7, 11) is 0. The van der Waals surface area contributed by atoms with Crippen molar-refractivity contribution in [2.24, 2.45) is 4.99 Å². The van der Waals surface area contributed by atoms with E-state index in [1.54, 1.807) is 23.5 Å². The lowest BCUT2D eigenvalue weighted by Crippen LogP contribution is -2.41. The lowest BCUT2D eigenvalue weighted by atomic mass is 10.2. The van der Waals surface area contributed by atoms with Crippen LogP contribution in [0, 0.1) is 0 Å². The molecular formula is C17H23IN4O2S. The van der Waals surface area contributed by atoms with Crippen LogP contribution in [0.5, 0.6) is 5.75 Å². The lowest BCUT2D eigenvalue weighted by Gasteiger charge is -2.11. The smallest absolute Gasteiger partial charge is 0.251 e. The molecule has 8 heteroatoms.